The van der Waals surface area contributed by atoms with E-state index in [9.17, 15) is 35.9 Å². The second-order valence-electron chi connectivity index (χ2n) is 8.08. The standard InChI is InChI=1S/C20H19F6N5O3/c21-19(22,23)12-7-28-17(29-8-12)31-13-1-2-14(31)10-30(9-13)18(33)34-4-3-11-5-15(20(24,25)26)16(32)27-6-11/h5-8,13-14H,1-4,9-10H2,(H,27,32). The molecule has 0 aromatic carbocycles. The van der Waals surface area contributed by atoms with E-state index in [4.69, 9.17) is 4.74 Å². The zero-order valence-corrected chi connectivity index (χ0v) is 17.5. The van der Waals surface area contributed by atoms with Gasteiger partial charge >= 0.3 is 18.4 Å². The summed E-state index contributed by atoms with van der Waals surface area (Å²) in [5.41, 5.74) is -3.37. The third-order valence-corrected chi connectivity index (χ3v) is 5.82. The fourth-order valence-electron chi connectivity index (χ4n) is 4.21. The smallest absolute Gasteiger partial charge is 0.421 e. The number of nitrogens with zero attached hydrogens (tertiary/aromatic N) is 4. The van der Waals surface area contributed by atoms with Crippen LogP contribution in [0.2, 0.25) is 0 Å². The monoisotopic (exact) mass is 491 g/mol. The predicted molar refractivity (Wildman–Crippen MR) is 105 cm³/mol. The summed E-state index contributed by atoms with van der Waals surface area (Å²) in [6.45, 7) is 0.299. The van der Waals surface area contributed by atoms with Gasteiger partial charge in [0.25, 0.3) is 5.56 Å². The van der Waals surface area contributed by atoms with Crippen molar-refractivity contribution in [2.24, 2.45) is 0 Å². The Balaban J connectivity index is 1.33. The van der Waals surface area contributed by atoms with Crippen LogP contribution in [0.4, 0.5) is 37.1 Å². The number of rotatable bonds is 4. The van der Waals surface area contributed by atoms with Crippen LogP contribution < -0.4 is 10.5 Å². The fraction of sp³-hybridized carbons (Fsp3) is 0.500. The first-order valence-corrected chi connectivity index (χ1v) is 10.3. The third-order valence-electron chi connectivity index (χ3n) is 5.82. The number of hydrogen-bond acceptors (Lipinski definition) is 6. The van der Waals surface area contributed by atoms with Gasteiger partial charge in [0.05, 0.1) is 24.3 Å². The Labute approximate surface area is 188 Å². The molecule has 2 bridgehead atoms. The van der Waals surface area contributed by atoms with Crippen LogP contribution >= 0.6 is 0 Å². The summed E-state index contributed by atoms with van der Waals surface area (Å²) in [4.78, 5) is 36.8. The highest BCUT2D eigenvalue weighted by Gasteiger charge is 2.43. The molecule has 2 aromatic heterocycles. The predicted octanol–water partition coefficient (Wildman–Crippen LogP) is 3.23. The Kier molecular flexibility index (Phi) is 6.16. The van der Waals surface area contributed by atoms with Crippen molar-refractivity contribution < 1.29 is 35.9 Å². The van der Waals surface area contributed by atoms with Crippen molar-refractivity contribution in [2.75, 3.05) is 24.6 Å². The molecule has 1 N–H and O–H groups in total. The lowest BCUT2D eigenvalue weighted by Crippen LogP contribution is -2.56. The summed E-state index contributed by atoms with van der Waals surface area (Å²) < 4.78 is 82.0. The van der Waals surface area contributed by atoms with Crippen molar-refractivity contribution >= 4 is 12.0 Å². The van der Waals surface area contributed by atoms with Crippen LogP contribution in [-0.2, 0) is 23.5 Å². The quantitative estimate of drug-likeness (QED) is 0.661. The molecule has 4 rings (SSSR count). The van der Waals surface area contributed by atoms with Crippen LogP contribution in [-0.4, -0.2) is 57.7 Å². The molecule has 2 aromatic rings. The number of carbonyl (C=O) groups is 1. The average Bonchev–Trinajstić information content (AvgIpc) is 3.02. The summed E-state index contributed by atoms with van der Waals surface area (Å²) in [5.74, 6) is 0.159. The van der Waals surface area contributed by atoms with E-state index in [1.165, 1.54) is 4.90 Å². The summed E-state index contributed by atoms with van der Waals surface area (Å²) in [7, 11) is 0. The number of aromatic amines is 1. The Hall–Kier alpha value is -3.32. The van der Waals surface area contributed by atoms with Gasteiger partial charge in [-0.3, -0.25) is 4.79 Å². The molecule has 0 saturated carbocycles. The van der Waals surface area contributed by atoms with E-state index in [-0.39, 0.29) is 49.7 Å². The second kappa shape index (κ2) is 8.80. The topological polar surface area (TPSA) is 91.4 Å². The molecule has 1 amide bonds. The summed E-state index contributed by atoms with van der Waals surface area (Å²) >= 11 is 0. The Morgan fingerprint density at radius 3 is 2.24 bits per heavy atom. The van der Waals surface area contributed by atoms with Gasteiger partial charge in [0, 0.05) is 38.1 Å². The first-order valence-electron chi connectivity index (χ1n) is 10.3. The van der Waals surface area contributed by atoms with E-state index in [1.54, 1.807) is 0 Å². The van der Waals surface area contributed by atoms with Crippen LogP contribution in [0.25, 0.3) is 0 Å². The number of carbonyl (C=O) groups excluding carboxylic acids is 1. The summed E-state index contributed by atoms with van der Waals surface area (Å²) in [5, 5.41) is 0. The molecule has 4 heterocycles. The van der Waals surface area contributed by atoms with Crippen LogP contribution in [0.5, 0.6) is 0 Å². The number of aromatic nitrogens is 3. The number of pyridine rings is 1. The number of piperazine rings is 1. The zero-order valence-electron chi connectivity index (χ0n) is 17.5. The lowest BCUT2D eigenvalue weighted by molar-refractivity contribution is -0.139. The number of anilines is 1. The minimum absolute atomic E-state index is 0.0299. The number of halogens is 6. The van der Waals surface area contributed by atoms with E-state index in [2.05, 4.69) is 9.97 Å². The molecule has 0 radical (unpaired) electrons. The van der Waals surface area contributed by atoms with Crippen LogP contribution in [0.3, 0.4) is 0 Å². The largest absolute Gasteiger partial charge is 0.449 e. The number of hydrogen-bond donors (Lipinski definition) is 1. The maximum Gasteiger partial charge on any atom is 0.421 e. The maximum atomic E-state index is 12.9. The normalized spacial score (nSPS) is 20.5. The third kappa shape index (κ3) is 4.94. The Morgan fingerprint density at radius 1 is 1.06 bits per heavy atom. The van der Waals surface area contributed by atoms with Crippen LogP contribution in [0.15, 0.2) is 29.5 Å². The van der Waals surface area contributed by atoms with E-state index >= 15 is 0 Å². The minimum atomic E-state index is -4.80. The molecule has 2 aliphatic rings. The van der Waals surface area contributed by atoms with Gasteiger partial charge < -0.3 is 19.5 Å². The minimum Gasteiger partial charge on any atom is -0.449 e. The van der Waals surface area contributed by atoms with Crippen LogP contribution in [0.1, 0.15) is 29.5 Å². The number of nitrogens with one attached hydrogen (secondary N) is 1. The highest BCUT2D eigenvalue weighted by molar-refractivity contribution is 5.68. The zero-order chi connectivity index (χ0) is 24.7. The van der Waals surface area contributed by atoms with Crippen molar-refractivity contribution in [1.29, 1.82) is 0 Å². The molecule has 0 aliphatic carbocycles. The SMILES string of the molecule is O=C(OCCc1c[nH]c(=O)c(C(F)(F)F)c1)N1CC2CCC(C1)N2c1ncc(C(F)(F)F)cn1. The lowest BCUT2D eigenvalue weighted by atomic mass is 10.1. The number of amides is 1. The van der Waals surface area contributed by atoms with Crippen molar-refractivity contribution in [1.82, 2.24) is 19.9 Å². The highest BCUT2D eigenvalue weighted by atomic mass is 19.4. The van der Waals surface area contributed by atoms with Gasteiger partial charge in [-0.15, -0.1) is 0 Å². The molecule has 184 valence electrons. The van der Waals surface area contributed by atoms with Crippen LogP contribution in [0, 0.1) is 0 Å². The van der Waals surface area contributed by atoms with Gasteiger partial charge in [0.1, 0.15) is 5.56 Å². The van der Waals surface area contributed by atoms with Gasteiger partial charge in [0.2, 0.25) is 5.95 Å². The fourth-order valence-corrected chi connectivity index (χ4v) is 4.21. The molecule has 2 atom stereocenters. The first-order chi connectivity index (χ1) is 15.9. The van der Waals surface area contributed by atoms with Crippen molar-refractivity contribution in [3.8, 4) is 0 Å². The molecule has 34 heavy (non-hydrogen) atoms. The average molecular weight is 491 g/mol. The van der Waals surface area contributed by atoms with Crippen molar-refractivity contribution in [3.63, 3.8) is 0 Å². The van der Waals surface area contributed by atoms with Gasteiger partial charge in [-0.25, -0.2) is 14.8 Å². The molecule has 2 saturated heterocycles. The van der Waals surface area contributed by atoms with Gasteiger partial charge in [0.15, 0.2) is 0 Å². The van der Waals surface area contributed by atoms with Crippen molar-refractivity contribution in [3.05, 3.63) is 51.7 Å². The molecular formula is C20H19F6N5O3. The molecule has 0 spiro atoms. The van der Waals surface area contributed by atoms with Gasteiger partial charge in [-0.2, -0.15) is 26.3 Å². The lowest BCUT2D eigenvalue weighted by Gasteiger charge is -2.40. The number of H-pyrrole nitrogens is 1. The van der Waals surface area contributed by atoms with Gasteiger partial charge in [-0.1, -0.05) is 0 Å². The molecule has 2 fully saturated rings. The molecule has 8 nitrogen and oxygen atoms in total. The summed E-state index contributed by atoms with van der Waals surface area (Å²) in [6, 6.07) is 0.323. The molecule has 14 heteroatoms. The number of fused-ring (bicyclic) bond motifs is 2. The van der Waals surface area contributed by atoms with E-state index < -0.39 is 35.1 Å². The second-order valence-corrected chi connectivity index (χ2v) is 8.08. The van der Waals surface area contributed by atoms with Crippen molar-refractivity contribution in [2.45, 2.75) is 43.7 Å². The number of ether oxygens (including phenoxy) is 1. The summed E-state index contributed by atoms with van der Waals surface area (Å²) in [6.07, 6.45) is -6.05. The Bertz CT molecular complexity index is 1090. The van der Waals surface area contributed by atoms with E-state index in [1.807, 2.05) is 9.88 Å². The van der Waals surface area contributed by atoms with E-state index in [0.29, 0.717) is 12.8 Å². The highest BCUT2D eigenvalue weighted by Crippen LogP contribution is 2.34. The van der Waals surface area contributed by atoms with Gasteiger partial charge in [-0.05, 0) is 24.5 Å². The maximum absolute atomic E-state index is 12.9. The first kappa shape index (κ1) is 23.8. The number of alkyl halides is 6. The molecule has 2 unspecified atom stereocenters. The number of likely N-dealkylation sites (tertiary alicyclic amines) is 1. The Morgan fingerprint density at radius 2 is 1.68 bits per heavy atom. The molecular weight excluding hydrogens is 472 g/mol. The molecule has 2 aliphatic heterocycles. The van der Waals surface area contributed by atoms with E-state index in [0.717, 1.165) is 24.7 Å².